The molecule has 1 aromatic heterocycles. The smallest absolute Gasteiger partial charge is 0.373 e. The molecule has 1 aromatic rings. The lowest BCUT2D eigenvalue weighted by molar-refractivity contribution is 0.0562. The minimum Gasteiger partial charge on any atom is -0.463 e. The zero-order chi connectivity index (χ0) is 14.3. The lowest BCUT2D eigenvalue weighted by atomic mass is 9.96. The molecule has 0 bridgehead atoms. The molecular weight excluding hydrogens is 246 g/mol. The number of furan rings is 1. The van der Waals surface area contributed by atoms with Gasteiger partial charge >= 0.3 is 5.97 Å². The summed E-state index contributed by atoms with van der Waals surface area (Å²) in [5.41, 5.74) is 0. The predicted octanol–water partition coefficient (Wildman–Crippen LogP) is 1.95. The Hall–Kier alpha value is -1.33. The maximum atomic E-state index is 11.2. The average molecular weight is 269 g/mol. The number of methoxy groups -OCH3 is 1. The van der Waals surface area contributed by atoms with Crippen molar-refractivity contribution in [3.05, 3.63) is 23.7 Å². The first kappa shape index (κ1) is 15.7. The van der Waals surface area contributed by atoms with Crippen LogP contribution in [-0.2, 0) is 11.3 Å². The fourth-order valence-electron chi connectivity index (χ4n) is 2.03. The van der Waals surface area contributed by atoms with Gasteiger partial charge in [-0.15, -0.1) is 0 Å². The van der Waals surface area contributed by atoms with E-state index in [1.54, 1.807) is 12.1 Å². The number of aliphatic hydroxyl groups is 1. The van der Waals surface area contributed by atoms with E-state index in [0.29, 0.717) is 24.8 Å². The minimum absolute atomic E-state index is 0.194. The van der Waals surface area contributed by atoms with E-state index in [0.717, 1.165) is 12.8 Å². The van der Waals surface area contributed by atoms with Crippen LogP contribution in [0.15, 0.2) is 16.5 Å². The highest BCUT2D eigenvalue weighted by molar-refractivity contribution is 5.86. The molecule has 1 rings (SSSR count). The van der Waals surface area contributed by atoms with Gasteiger partial charge in [0.25, 0.3) is 0 Å². The molecule has 108 valence electrons. The van der Waals surface area contributed by atoms with E-state index < -0.39 is 5.97 Å². The third-order valence-electron chi connectivity index (χ3n) is 3.29. The lowest BCUT2D eigenvalue weighted by Gasteiger charge is -2.20. The van der Waals surface area contributed by atoms with Crippen LogP contribution in [-0.4, -0.2) is 30.8 Å². The van der Waals surface area contributed by atoms with Gasteiger partial charge in [-0.1, -0.05) is 26.7 Å². The van der Waals surface area contributed by atoms with E-state index in [4.69, 9.17) is 4.42 Å². The van der Waals surface area contributed by atoms with Crippen molar-refractivity contribution in [2.75, 3.05) is 13.7 Å². The third-order valence-corrected chi connectivity index (χ3v) is 3.29. The van der Waals surface area contributed by atoms with Crippen LogP contribution in [0.25, 0.3) is 0 Å². The second-order valence-corrected chi connectivity index (χ2v) is 4.53. The van der Waals surface area contributed by atoms with Crippen molar-refractivity contribution in [1.82, 2.24) is 5.32 Å². The average Bonchev–Trinajstić information content (AvgIpc) is 2.88. The quantitative estimate of drug-likeness (QED) is 0.706. The molecule has 19 heavy (non-hydrogen) atoms. The molecule has 0 spiro atoms. The summed E-state index contributed by atoms with van der Waals surface area (Å²) >= 11 is 0. The van der Waals surface area contributed by atoms with Gasteiger partial charge in [-0.3, -0.25) is 0 Å². The van der Waals surface area contributed by atoms with Crippen molar-refractivity contribution < 1.29 is 19.1 Å². The molecule has 0 aromatic carbocycles. The van der Waals surface area contributed by atoms with Crippen LogP contribution in [0.2, 0.25) is 0 Å². The molecular formula is C14H23NO4. The van der Waals surface area contributed by atoms with E-state index in [1.807, 2.05) is 0 Å². The standard InChI is InChI=1S/C14H23NO4/c1-4-10(5-2)12(16)9-15-8-11-6-7-13(19-11)14(17)18-3/h6-7,10,12,15-16H,4-5,8-9H2,1-3H3. The first-order valence-corrected chi connectivity index (χ1v) is 6.68. The number of ether oxygens (including phenoxy) is 1. The van der Waals surface area contributed by atoms with Gasteiger partial charge in [-0.2, -0.15) is 0 Å². The van der Waals surface area contributed by atoms with E-state index >= 15 is 0 Å². The molecule has 1 unspecified atom stereocenters. The fraction of sp³-hybridized carbons (Fsp3) is 0.643. The molecule has 1 atom stereocenters. The Bertz CT molecular complexity index is 385. The topological polar surface area (TPSA) is 71.7 Å². The van der Waals surface area contributed by atoms with Gasteiger partial charge in [0.2, 0.25) is 5.76 Å². The first-order valence-electron chi connectivity index (χ1n) is 6.68. The van der Waals surface area contributed by atoms with Crippen LogP contribution in [0.1, 0.15) is 43.0 Å². The van der Waals surface area contributed by atoms with Gasteiger partial charge in [0.05, 0.1) is 19.8 Å². The Balaban J connectivity index is 2.37. The second kappa shape index (κ2) is 7.96. The fourth-order valence-corrected chi connectivity index (χ4v) is 2.03. The Morgan fingerprint density at radius 2 is 2.11 bits per heavy atom. The maximum absolute atomic E-state index is 11.2. The van der Waals surface area contributed by atoms with Gasteiger partial charge in [0, 0.05) is 6.54 Å². The minimum atomic E-state index is -0.483. The molecule has 0 radical (unpaired) electrons. The van der Waals surface area contributed by atoms with Crippen LogP contribution in [0.3, 0.4) is 0 Å². The first-order chi connectivity index (χ1) is 9.12. The highest BCUT2D eigenvalue weighted by Crippen LogP contribution is 2.13. The third kappa shape index (κ3) is 4.69. The van der Waals surface area contributed by atoms with Crippen LogP contribution in [0.5, 0.6) is 0 Å². The summed E-state index contributed by atoms with van der Waals surface area (Å²) in [6.07, 6.45) is 1.57. The Kier molecular flexibility index (Phi) is 6.59. The SMILES string of the molecule is CCC(CC)C(O)CNCc1ccc(C(=O)OC)o1. The van der Waals surface area contributed by atoms with E-state index in [2.05, 4.69) is 23.9 Å². The summed E-state index contributed by atoms with van der Waals surface area (Å²) in [7, 11) is 1.31. The lowest BCUT2D eigenvalue weighted by Crippen LogP contribution is -2.32. The van der Waals surface area contributed by atoms with Crippen molar-refractivity contribution in [1.29, 1.82) is 0 Å². The summed E-state index contributed by atoms with van der Waals surface area (Å²) in [5.74, 6) is 0.676. The summed E-state index contributed by atoms with van der Waals surface area (Å²) in [4.78, 5) is 11.2. The summed E-state index contributed by atoms with van der Waals surface area (Å²) in [5, 5.41) is 13.1. The number of esters is 1. The molecule has 0 amide bonds. The molecule has 0 aliphatic carbocycles. The van der Waals surface area contributed by atoms with Crippen LogP contribution in [0.4, 0.5) is 0 Å². The molecule has 0 aliphatic heterocycles. The van der Waals surface area contributed by atoms with E-state index in [-0.39, 0.29) is 11.9 Å². The maximum Gasteiger partial charge on any atom is 0.373 e. The van der Waals surface area contributed by atoms with Crippen molar-refractivity contribution in [2.24, 2.45) is 5.92 Å². The number of aliphatic hydroxyl groups excluding tert-OH is 1. The summed E-state index contributed by atoms with van der Waals surface area (Å²) < 4.78 is 9.87. The van der Waals surface area contributed by atoms with Gasteiger partial charge in [-0.05, 0) is 18.1 Å². The Morgan fingerprint density at radius 1 is 1.42 bits per heavy atom. The van der Waals surface area contributed by atoms with Gasteiger partial charge in [0.1, 0.15) is 5.76 Å². The van der Waals surface area contributed by atoms with Gasteiger partial charge < -0.3 is 19.6 Å². The van der Waals surface area contributed by atoms with Gasteiger partial charge in [-0.25, -0.2) is 4.79 Å². The molecule has 0 saturated heterocycles. The van der Waals surface area contributed by atoms with E-state index in [1.165, 1.54) is 7.11 Å². The number of carbonyl (C=O) groups is 1. The molecule has 5 heteroatoms. The van der Waals surface area contributed by atoms with Crippen LogP contribution < -0.4 is 5.32 Å². The van der Waals surface area contributed by atoms with Crippen LogP contribution >= 0.6 is 0 Å². The highest BCUT2D eigenvalue weighted by atomic mass is 16.5. The Morgan fingerprint density at radius 3 is 2.68 bits per heavy atom. The van der Waals surface area contributed by atoms with Crippen molar-refractivity contribution in [2.45, 2.75) is 39.3 Å². The summed E-state index contributed by atoms with van der Waals surface area (Å²) in [6.45, 7) is 5.15. The molecule has 1 heterocycles. The normalized spacial score (nSPS) is 12.7. The predicted molar refractivity (Wildman–Crippen MR) is 71.8 cm³/mol. The van der Waals surface area contributed by atoms with Crippen molar-refractivity contribution in [3.8, 4) is 0 Å². The second-order valence-electron chi connectivity index (χ2n) is 4.53. The summed E-state index contributed by atoms with van der Waals surface area (Å²) in [6, 6.07) is 3.31. The molecule has 5 nitrogen and oxygen atoms in total. The van der Waals surface area contributed by atoms with Crippen LogP contribution in [0, 0.1) is 5.92 Å². The van der Waals surface area contributed by atoms with Gasteiger partial charge in [0.15, 0.2) is 0 Å². The van der Waals surface area contributed by atoms with E-state index in [9.17, 15) is 9.90 Å². The number of hydrogen-bond acceptors (Lipinski definition) is 5. The highest BCUT2D eigenvalue weighted by Gasteiger charge is 2.15. The number of nitrogens with one attached hydrogen (secondary N) is 1. The van der Waals surface area contributed by atoms with Crippen molar-refractivity contribution in [3.63, 3.8) is 0 Å². The molecule has 0 saturated carbocycles. The number of carbonyl (C=O) groups excluding carboxylic acids is 1. The zero-order valence-electron chi connectivity index (χ0n) is 11.8. The zero-order valence-corrected chi connectivity index (χ0v) is 11.8. The Labute approximate surface area is 113 Å². The monoisotopic (exact) mass is 269 g/mol. The molecule has 0 aliphatic rings. The number of hydrogen-bond donors (Lipinski definition) is 2. The molecule has 2 N–H and O–H groups in total. The number of rotatable bonds is 8. The molecule has 0 fully saturated rings. The van der Waals surface area contributed by atoms with Crippen molar-refractivity contribution >= 4 is 5.97 Å². The largest absolute Gasteiger partial charge is 0.463 e.